The van der Waals surface area contributed by atoms with Crippen molar-refractivity contribution < 1.29 is 14.4 Å². The van der Waals surface area contributed by atoms with Crippen LogP contribution in [0, 0.1) is 5.92 Å². The highest BCUT2D eigenvalue weighted by atomic mass is 16.2. The number of carbonyl (C=O) groups is 3. The second-order valence-electron chi connectivity index (χ2n) is 8.01. The number of fused-ring (bicyclic) bond motifs is 1. The Kier molecular flexibility index (Phi) is 4.90. The van der Waals surface area contributed by atoms with Crippen LogP contribution in [0.5, 0.6) is 0 Å². The lowest BCUT2D eigenvalue weighted by Gasteiger charge is -2.22. The molecule has 26 heavy (non-hydrogen) atoms. The fourth-order valence-corrected chi connectivity index (χ4v) is 3.44. The standard InChI is InChI=1S/C23H24O3/c1-23(2,3)17-11-8-16(9-12-17)20(24)14-21(25)19-13-10-15-6-4-5-7-18(15)22(19)26/h4-9,11-12,19H,10,13-14H2,1-3H3. The number of ketones is 3. The van der Waals surface area contributed by atoms with Gasteiger partial charge in [-0.2, -0.15) is 0 Å². The summed E-state index contributed by atoms with van der Waals surface area (Å²) in [4.78, 5) is 37.7. The molecule has 0 aromatic heterocycles. The summed E-state index contributed by atoms with van der Waals surface area (Å²) in [5.41, 5.74) is 3.29. The molecule has 3 nitrogen and oxygen atoms in total. The summed E-state index contributed by atoms with van der Waals surface area (Å²) in [5, 5.41) is 0. The van der Waals surface area contributed by atoms with Crippen molar-refractivity contribution in [1.29, 1.82) is 0 Å². The zero-order valence-electron chi connectivity index (χ0n) is 15.5. The maximum absolute atomic E-state index is 12.6. The number of benzene rings is 2. The second kappa shape index (κ2) is 6.99. The Morgan fingerprint density at radius 2 is 1.65 bits per heavy atom. The van der Waals surface area contributed by atoms with Gasteiger partial charge in [-0.1, -0.05) is 69.3 Å². The van der Waals surface area contributed by atoms with Gasteiger partial charge in [0, 0.05) is 11.1 Å². The van der Waals surface area contributed by atoms with Gasteiger partial charge in [0.1, 0.15) is 0 Å². The van der Waals surface area contributed by atoms with Gasteiger partial charge in [-0.3, -0.25) is 14.4 Å². The first kappa shape index (κ1) is 18.2. The zero-order valence-corrected chi connectivity index (χ0v) is 15.5. The average Bonchev–Trinajstić information content (AvgIpc) is 2.61. The van der Waals surface area contributed by atoms with Gasteiger partial charge in [-0.25, -0.2) is 0 Å². The molecule has 134 valence electrons. The maximum atomic E-state index is 12.6. The monoisotopic (exact) mass is 348 g/mol. The van der Waals surface area contributed by atoms with Gasteiger partial charge in [0.05, 0.1) is 12.3 Å². The van der Waals surface area contributed by atoms with Gasteiger partial charge in [-0.05, 0) is 29.4 Å². The number of hydrogen-bond donors (Lipinski definition) is 0. The summed E-state index contributed by atoms with van der Waals surface area (Å²) in [6.45, 7) is 6.33. The summed E-state index contributed by atoms with van der Waals surface area (Å²) in [7, 11) is 0. The van der Waals surface area contributed by atoms with Gasteiger partial charge in [-0.15, -0.1) is 0 Å². The van der Waals surface area contributed by atoms with Gasteiger partial charge < -0.3 is 0 Å². The fraction of sp³-hybridized carbons (Fsp3) is 0.348. The van der Waals surface area contributed by atoms with Gasteiger partial charge in [0.25, 0.3) is 0 Å². The smallest absolute Gasteiger partial charge is 0.173 e. The van der Waals surface area contributed by atoms with Crippen molar-refractivity contribution in [3.8, 4) is 0 Å². The normalized spacial score (nSPS) is 16.9. The van der Waals surface area contributed by atoms with E-state index in [1.165, 1.54) is 0 Å². The molecule has 0 spiro atoms. The van der Waals surface area contributed by atoms with Crippen molar-refractivity contribution >= 4 is 17.3 Å². The molecule has 3 rings (SSSR count). The minimum absolute atomic E-state index is 0.0132. The minimum Gasteiger partial charge on any atom is -0.298 e. The van der Waals surface area contributed by atoms with Crippen molar-refractivity contribution in [2.75, 3.05) is 0 Å². The van der Waals surface area contributed by atoms with Crippen molar-refractivity contribution in [3.05, 3.63) is 70.8 Å². The van der Waals surface area contributed by atoms with Gasteiger partial charge >= 0.3 is 0 Å². The summed E-state index contributed by atoms with van der Waals surface area (Å²) >= 11 is 0. The summed E-state index contributed by atoms with van der Waals surface area (Å²) in [6.07, 6.45) is 0.977. The maximum Gasteiger partial charge on any atom is 0.173 e. The molecule has 0 saturated carbocycles. The van der Waals surface area contributed by atoms with E-state index < -0.39 is 5.92 Å². The molecule has 0 heterocycles. The molecule has 2 aromatic carbocycles. The molecule has 0 bridgehead atoms. The molecule has 0 radical (unpaired) electrons. The molecule has 0 fully saturated rings. The van der Waals surface area contributed by atoms with Crippen LogP contribution in [0.15, 0.2) is 48.5 Å². The van der Waals surface area contributed by atoms with Crippen LogP contribution in [0.4, 0.5) is 0 Å². The quantitative estimate of drug-likeness (QED) is 0.601. The predicted octanol–water partition coefficient (Wildman–Crippen LogP) is 4.57. The number of rotatable bonds is 4. The summed E-state index contributed by atoms with van der Waals surface area (Å²) < 4.78 is 0. The van der Waals surface area contributed by atoms with Crippen LogP contribution in [0.25, 0.3) is 0 Å². The Morgan fingerprint density at radius 1 is 1.00 bits per heavy atom. The first-order chi connectivity index (χ1) is 12.3. The Labute approximate surface area is 154 Å². The third-order valence-electron chi connectivity index (χ3n) is 5.10. The summed E-state index contributed by atoms with van der Waals surface area (Å²) in [6, 6.07) is 14.8. The number of hydrogen-bond acceptors (Lipinski definition) is 3. The molecule has 3 heteroatoms. The van der Waals surface area contributed by atoms with E-state index in [1.54, 1.807) is 18.2 Å². The van der Waals surface area contributed by atoms with Gasteiger partial charge in [0.15, 0.2) is 17.3 Å². The molecule has 1 aliphatic rings. The number of aryl methyl sites for hydroxylation is 1. The highest BCUT2D eigenvalue weighted by molar-refractivity contribution is 6.18. The second-order valence-corrected chi connectivity index (χ2v) is 8.01. The van der Waals surface area contributed by atoms with Crippen LogP contribution >= 0.6 is 0 Å². The van der Waals surface area contributed by atoms with Crippen molar-refractivity contribution in [3.63, 3.8) is 0 Å². The molecule has 1 aliphatic carbocycles. The van der Waals surface area contributed by atoms with Crippen LogP contribution in [-0.4, -0.2) is 17.3 Å². The Hall–Kier alpha value is -2.55. The van der Waals surface area contributed by atoms with Crippen LogP contribution in [0.2, 0.25) is 0 Å². The summed E-state index contributed by atoms with van der Waals surface area (Å²) in [5.74, 6) is -1.33. The molecule has 1 unspecified atom stereocenters. The van der Waals surface area contributed by atoms with Crippen LogP contribution in [-0.2, 0) is 16.6 Å². The van der Waals surface area contributed by atoms with Crippen molar-refractivity contribution in [2.24, 2.45) is 5.92 Å². The van der Waals surface area contributed by atoms with Crippen molar-refractivity contribution in [2.45, 2.75) is 45.4 Å². The molecule has 2 aromatic rings. The van der Waals surface area contributed by atoms with Crippen LogP contribution in [0.1, 0.15) is 65.5 Å². The lowest BCUT2D eigenvalue weighted by atomic mass is 9.79. The third-order valence-corrected chi connectivity index (χ3v) is 5.10. The largest absolute Gasteiger partial charge is 0.298 e. The Morgan fingerprint density at radius 3 is 2.31 bits per heavy atom. The minimum atomic E-state index is -0.692. The van der Waals surface area contributed by atoms with Crippen molar-refractivity contribution in [1.82, 2.24) is 0 Å². The number of carbonyl (C=O) groups excluding carboxylic acids is 3. The predicted molar refractivity (Wildman–Crippen MR) is 102 cm³/mol. The van der Waals surface area contributed by atoms with E-state index in [-0.39, 0.29) is 29.2 Å². The van der Waals surface area contributed by atoms with E-state index in [4.69, 9.17) is 0 Å². The Bertz CT molecular complexity index is 854. The highest BCUT2D eigenvalue weighted by Crippen LogP contribution is 2.27. The van der Waals surface area contributed by atoms with E-state index in [2.05, 4.69) is 20.8 Å². The van der Waals surface area contributed by atoms with E-state index in [9.17, 15) is 14.4 Å². The molecule has 1 atom stereocenters. The topological polar surface area (TPSA) is 51.2 Å². The van der Waals surface area contributed by atoms with Gasteiger partial charge in [0.2, 0.25) is 0 Å². The molecule has 0 N–H and O–H groups in total. The molecule has 0 saturated heterocycles. The van der Waals surface area contributed by atoms with E-state index in [1.807, 2.05) is 30.3 Å². The third kappa shape index (κ3) is 3.67. The average molecular weight is 348 g/mol. The molecule has 0 amide bonds. The first-order valence-electron chi connectivity index (χ1n) is 9.06. The van der Waals surface area contributed by atoms with Crippen LogP contribution < -0.4 is 0 Å². The van der Waals surface area contributed by atoms with E-state index >= 15 is 0 Å². The number of Topliss-reactive ketones (excluding diaryl/α,β-unsaturated/α-hetero) is 3. The first-order valence-corrected chi connectivity index (χ1v) is 9.06. The highest BCUT2D eigenvalue weighted by Gasteiger charge is 2.33. The molecular formula is C23H24O3. The molecular weight excluding hydrogens is 324 g/mol. The Balaban J connectivity index is 1.70. The van der Waals surface area contributed by atoms with Crippen LogP contribution in [0.3, 0.4) is 0 Å². The molecule has 0 aliphatic heterocycles. The zero-order chi connectivity index (χ0) is 18.9. The lowest BCUT2D eigenvalue weighted by Crippen LogP contribution is -2.30. The lowest BCUT2D eigenvalue weighted by molar-refractivity contribution is -0.120. The van der Waals surface area contributed by atoms with E-state index in [0.29, 0.717) is 24.0 Å². The van der Waals surface area contributed by atoms with E-state index in [0.717, 1.165) is 11.1 Å². The fourth-order valence-electron chi connectivity index (χ4n) is 3.44. The SMILES string of the molecule is CC(C)(C)c1ccc(C(=O)CC(=O)C2CCc3ccccc3C2=O)cc1.